The van der Waals surface area contributed by atoms with E-state index in [9.17, 15) is 0 Å². The van der Waals surface area contributed by atoms with Gasteiger partial charge in [-0.25, -0.2) is 0 Å². The zero-order valence-corrected chi connectivity index (χ0v) is 11.6. The molecular weight excluding hydrogens is 244 g/mol. The van der Waals surface area contributed by atoms with Gasteiger partial charge in [0.05, 0.1) is 12.3 Å². The van der Waals surface area contributed by atoms with Gasteiger partial charge in [-0.2, -0.15) is 11.8 Å². The van der Waals surface area contributed by atoms with Crippen LogP contribution in [0, 0.1) is 6.92 Å². The van der Waals surface area contributed by atoms with Crippen molar-refractivity contribution in [2.75, 3.05) is 6.26 Å². The van der Waals surface area contributed by atoms with Crippen LogP contribution in [0.15, 0.2) is 35.0 Å². The fraction of sp³-hybridized carbons (Fsp3) is 0.357. The Balaban J connectivity index is 1.83. The molecule has 18 heavy (non-hydrogen) atoms. The summed E-state index contributed by atoms with van der Waals surface area (Å²) < 4.78 is 5.70. The lowest BCUT2D eigenvalue weighted by Gasteiger charge is -2.05. The summed E-state index contributed by atoms with van der Waals surface area (Å²) in [7, 11) is 0. The average Bonchev–Trinajstić information content (AvgIpc) is 2.80. The van der Waals surface area contributed by atoms with Crippen molar-refractivity contribution < 1.29 is 4.42 Å². The molecule has 0 aliphatic carbocycles. The summed E-state index contributed by atoms with van der Waals surface area (Å²) in [4.78, 5) is 4.09. The normalized spacial score (nSPS) is 10.8. The molecule has 0 saturated carbocycles. The minimum atomic E-state index is 0.760. The van der Waals surface area contributed by atoms with Crippen LogP contribution in [0.4, 0.5) is 0 Å². The number of nitrogens with zero attached hydrogens (tertiary/aromatic N) is 1. The lowest BCUT2D eigenvalue weighted by molar-refractivity contribution is 0.459. The Morgan fingerprint density at radius 2 is 2.06 bits per heavy atom. The lowest BCUT2D eigenvalue weighted by atomic mass is 10.1. The van der Waals surface area contributed by atoms with E-state index in [0.717, 1.165) is 30.4 Å². The molecule has 2 heterocycles. The third-order valence-electron chi connectivity index (χ3n) is 2.76. The second kappa shape index (κ2) is 6.61. The quantitative estimate of drug-likeness (QED) is 0.868. The molecule has 0 saturated heterocycles. The van der Waals surface area contributed by atoms with Gasteiger partial charge in [-0.05, 0) is 42.5 Å². The van der Waals surface area contributed by atoms with E-state index in [4.69, 9.17) is 4.42 Å². The molecule has 0 atom stereocenters. The van der Waals surface area contributed by atoms with Crippen molar-refractivity contribution in [1.82, 2.24) is 10.3 Å². The van der Waals surface area contributed by atoms with Crippen LogP contribution in [0.1, 0.15) is 22.6 Å². The maximum atomic E-state index is 5.70. The number of nitrogens with one attached hydrogen (secondary N) is 1. The van der Waals surface area contributed by atoms with Gasteiger partial charge in [-0.3, -0.25) is 4.98 Å². The Morgan fingerprint density at radius 3 is 2.83 bits per heavy atom. The maximum absolute atomic E-state index is 5.70. The third kappa shape index (κ3) is 3.62. The monoisotopic (exact) mass is 262 g/mol. The standard InChI is InChI=1S/C14H18N2OS/c1-11-7-15-6-5-12(11)8-16-9-13-3-4-14(17-13)10-18-2/h3-7,16H,8-10H2,1-2H3. The van der Waals surface area contributed by atoms with E-state index in [0.29, 0.717) is 0 Å². The molecule has 2 aromatic rings. The summed E-state index contributed by atoms with van der Waals surface area (Å²) in [5.74, 6) is 2.97. The molecule has 0 bridgehead atoms. The molecule has 0 spiro atoms. The van der Waals surface area contributed by atoms with Crippen LogP contribution in [0.5, 0.6) is 0 Å². The second-order valence-electron chi connectivity index (χ2n) is 4.21. The molecule has 0 unspecified atom stereocenters. The fourth-order valence-electron chi connectivity index (χ4n) is 1.76. The molecule has 1 N–H and O–H groups in total. The zero-order chi connectivity index (χ0) is 12.8. The minimum Gasteiger partial charge on any atom is -0.464 e. The maximum Gasteiger partial charge on any atom is 0.118 e. The molecule has 0 amide bonds. The highest BCUT2D eigenvalue weighted by Crippen LogP contribution is 2.13. The highest BCUT2D eigenvalue weighted by atomic mass is 32.2. The van der Waals surface area contributed by atoms with Crippen LogP contribution < -0.4 is 5.32 Å². The van der Waals surface area contributed by atoms with E-state index in [1.165, 1.54) is 11.1 Å². The summed E-state index contributed by atoms with van der Waals surface area (Å²) in [6.07, 6.45) is 5.79. The first-order valence-electron chi connectivity index (χ1n) is 5.96. The van der Waals surface area contributed by atoms with E-state index >= 15 is 0 Å². The van der Waals surface area contributed by atoms with Crippen molar-refractivity contribution in [2.24, 2.45) is 0 Å². The van der Waals surface area contributed by atoms with Crippen molar-refractivity contribution in [1.29, 1.82) is 0 Å². The molecule has 0 aromatic carbocycles. The van der Waals surface area contributed by atoms with Crippen LogP contribution in [0.2, 0.25) is 0 Å². The highest BCUT2D eigenvalue weighted by molar-refractivity contribution is 7.97. The number of thioether (sulfide) groups is 1. The van der Waals surface area contributed by atoms with Gasteiger partial charge in [-0.1, -0.05) is 0 Å². The van der Waals surface area contributed by atoms with Crippen molar-refractivity contribution >= 4 is 11.8 Å². The average molecular weight is 262 g/mol. The first-order chi connectivity index (χ1) is 8.79. The predicted molar refractivity (Wildman–Crippen MR) is 75.4 cm³/mol. The van der Waals surface area contributed by atoms with Crippen LogP contribution in [-0.2, 0) is 18.8 Å². The fourth-order valence-corrected chi connectivity index (χ4v) is 2.20. The van der Waals surface area contributed by atoms with E-state index in [-0.39, 0.29) is 0 Å². The van der Waals surface area contributed by atoms with Gasteiger partial charge in [0.1, 0.15) is 11.5 Å². The molecule has 0 fully saturated rings. The van der Waals surface area contributed by atoms with Gasteiger partial charge in [0.15, 0.2) is 0 Å². The van der Waals surface area contributed by atoms with E-state index in [1.54, 1.807) is 11.8 Å². The second-order valence-corrected chi connectivity index (χ2v) is 5.07. The van der Waals surface area contributed by atoms with Crippen molar-refractivity contribution in [2.45, 2.75) is 25.8 Å². The van der Waals surface area contributed by atoms with E-state index in [2.05, 4.69) is 23.5 Å². The largest absolute Gasteiger partial charge is 0.464 e. The first kappa shape index (κ1) is 13.2. The van der Waals surface area contributed by atoms with Crippen molar-refractivity contribution in [3.63, 3.8) is 0 Å². The molecule has 0 radical (unpaired) electrons. The van der Waals surface area contributed by atoms with Crippen LogP contribution in [0.25, 0.3) is 0 Å². The lowest BCUT2D eigenvalue weighted by Crippen LogP contribution is -2.13. The molecule has 0 aliphatic rings. The van der Waals surface area contributed by atoms with E-state index < -0.39 is 0 Å². The SMILES string of the molecule is CSCc1ccc(CNCc2ccncc2C)o1. The molecule has 96 valence electrons. The van der Waals surface area contributed by atoms with Crippen molar-refractivity contribution in [3.05, 3.63) is 53.2 Å². The number of hydrogen-bond donors (Lipinski definition) is 1. The van der Waals surface area contributed by atoms with Crippen LogP contribution in [0.3, 0.4) is 0 Å². The van der Waals surface area contributed by atoms with Gasteiger partial charge in [0, 0.05) is 18.9 Å². The number of aryl methyl sites for hydroxylation is 1. The van der Waals surface area contributed by atoms with Gasteiger partial charge < -0.3 is 9.73 Å². The number of hydrogen-bond acceptors (Lipinski definition) is 4. The molecule has 4 heteroatoms. The summed E-state index contributed by atoms with van der Waals surface area (Å²) in [6, 6.07) is 6.13. The zero-order valence-electron chi connectivity index (χ0n) is 10.8. The Kier molecular flexibility index (Phi) is 4.84. The Hall–Kier alpha value is -1.26. The summed E-state index contributed by atoms with van der Waals surface area (Å²) in [5.41, 5.74) is 2.49. The molecule has 0 aliphatic heterocycles. The third-order valence-corrected chi connectivity index (χ3v) is 3.33. The molecular formula is C14H18N2OS. The van der Waals surface area contributed by atoms with Gasteiger partial charge in [0.25, 0.3) is 0 Å². The Morgan fingerprint density at radius 1 is 1.22 bits per heavy atom. The van der Waals surface area contributed by atoms with Crippen LogP contribution in [-0.4, -0.2) is 11.2 Å². The van der Waals surface area contributed by atoms with E-state index in [1.807, 2.05) is 30.6 Å². The number of furan rings is 1. The van der Waals surface area contributed by atoms with Crippen molar-refractivity contribution in [3.8, 4) is 0 Å². The minimum absolute atomic E-state index is 0.760. The predicted octanol–water partition coefficient (Wildman–Crippen LogP) is 3.14. The molecule has 2 rings (SSSR count). The summed E-state index contributed by atoms with van der Waals surface area (Å²) >= 11 is 1.77. The topological polar surface area (TPSA) is 38.1 Å². The number of pyridine rings is 1. The number of aromatic nitrogens is 1. The number of rotatable bonds is 6. The van der Waals surface area contributed by atoms with Gasteiger partial charge in [-0.15, -0.1) is 0 Å². The first-order valence-corrected chi connectivity index (χ1v) is 7.35. The molecule has 2 aromatic heterocycles. The Bertz CT molecular complexity index is 496. The van der Waals surface area contributed by atoms with Gasteiger partial charge in [0.2, 0.25) is 0 Å². The smallest absolute Gasteiger partial charge is 0.118 e. The molecule has 3 nitrogen and oxygen atoms in total. The Labute approximate surface area is 112 Å². The van der Waals surface area contributed by atoms with Gasteiger partial charge >= 0.3 is 0 Å². The van der Waals surface area contributed by atoms with Crippen LogP contribution >= 0.6 is 11.8 Å². The highest BCUT2D eigenvalue weighted by Gasteiger charge is 2.02. The summed E-state index contributed by atoms with van der Waals surface area (Å²) in [6.45, 7) is 3.68. The summed E-state index contributed by atoms with van der Waals surface area (Å²) in [5, 5.41) is 3.39.